The van der Waals surface area contributed by atoms with Gasteiger partial charge in [-0.3, -0.25) is 0 Å². The zero-order chi connectivity index (χ0) is 16.9. The van der Waals surface area contributed by atoms with Crippen molar-refractivity contribution < 1.29 is 14.3 Å². The van der Waals surface area contributed by atoms with Gasteiger partial charge < -0.3 is 20.2 Å². The van der Waals surface area contributed by atoms with E-state index in [0.29, 0.717) is 23.0 Å². The molecule has 0 unspecified atom stereocenters. The van der Waals surface area contributed by atoms with Crippen LogP contribution in [-0.4, -0.2) is 11.1 Å². The number of para-hydroxylation sites is 1. The first-order valence-electron chi connectivity index (χ1n) is 7.23. The van der Waals surface area contributed by atoms with Gasteiger partial charge in [0.05, 0.1) is 23.5 Å². The van der Waals surface area contributed by atoms with Gasteiger partial charge in [0, 0.05) is 9.75 Å². The van der Waals surface area contributed by atoms with Crippen molar-refractivity contribution in [3.8, 4) is 0 Å². The first kappa shape index (κ1) is 16.6. The zero-order valence-corrected chi connectivity index (χ0v) is 14.1. The monoisotopic (exact) mass is 362 g/mol. The van der Waals surface area contributed by atoms with Crippen LogP contribution in [0.1, 0.15) is 21.6 Å². The average molecular weight is 363 g/mol. The SMILES string of the molecule is O=C(NCc1ccc([C@H](O)c2ccco2)s1)Nc1ccccc1Cl. The van der Waals surface area contributed by atoms with Crippen molar-refractivity contribution >= 4 is 34.7 Å². The number of urea groups is 1. The van der Waals surface area contributed by atoms with Gasteiger partial charge in [0.15, 0.2) is 0 Å². The number of hydrogen-bond acceptors (Lipinski definition) is 4. The van der Waals surface area contributed by atoms with Crippen molar-refractivity contribution in [2.75, 3.05) is 5.32 Å². The van der Waals surface area contributed by atoms with Crippen molar-refractivity contribution in [1.82, 2.24) is 5.32 Å². The first-order valence-corrected chi connectivity index (χ1v) is 8.42. The number of anilines is 1. The molecule has 0 spiro atoms. The minimum Gasteiger partial charge on any atom is -0.466 e. The fraction of sp³-hybridized carbons (Fsp3) is 0.118. The molecule has 2 heterocycles. The lowest BCUT2D eigenvalue weighted by atomic mass is 10.2. The summed E-state index contributed by atoms with van der Waals surface area (Å²) in [6.45, 7) is 0.353. The highest BCUT2D eigenvalue weighted by molar-refractivity contribution is 7.12. The Balaban J connectivity index is 1.55. The summed E-state index contributed by atoms with van der Waals surface area (Å²) in [5.41, 5.74) is 0.553. The van der Waals surface area contributed by atoms with E-state index in [1.54, 1.807) is 36.4 Å². The molecule has 1 atom stereocenters. The Labute approximate surface area is 147 Å². The van der Waals surface area contributed by atoms with E-state index in [9.17, 15) is 9.90 Å². The summed E-state index contributed by atoms with van der Waals surface area (Å²) in [5, 5.41) is 16.1. The maximum Gasteiger partial charge on any atom is 0.319 e. The second-order valence-electron chi connectivity index (χ2n) is 5.01. The average Bonchev–Trinajstić information content (AvgIpc) is 3.26. The van der Waals surface area contributed by atoms with Gasteiger partial charge in [-0.05, 0) is 36.4 Å². The van der Waals surface area contributed by atoms with Crippen LogP contribution in [0, 0.1) is 0 Å². The molecule has 3 aromatic rings. The molecule has 124 valence electrons. The third kappa shape index (κ3) is 3.97. The molecule has 0 saturated heterocycles. The molecule has 0 bridgehead atoms. The van der Waals surface area contributed by atoms with Crippen molar-refractivity contribution in [2.45, 2.75) is 12.6 Å². The third-order valence-electron chi connectivity index (χ3n) is 3.31. The van der Waals surface area contributed by atoms with Gasteiger partial charge in [0.2, 0.25) is 0 Å². The number of amides is 2. The second kappa shape index (κ2) is 7.53. The van der Waals surface area contributed by atoms with E-state index >= 15 is 0 Å². The predicted molar refractivity (Wildman–Crippen MR) is 94.4 cm³/mol. The molecule has 7 heteroatoms. The maximum absolute atomic E-state index is 11.9. The molecule has 1 aromatic carbocycles. The molecule has 0 saturated carbocycles. The van der Waals surface area contributed by atoms with Crippen LogP contribution in [0.3, 0.4) is 0 Å². The van der Waals surface area contributed by atoms with Gasteiger partial charge in [-0.2, -0.15) is 0 Å². The number of aliphatic hydroxyl groups excluding tert-OH is 1. The second-order valence-corrected chi connectivity index (χ2v) is 6.62. The van der Waals surface area contributed by atoms with Crippen LogP contribution in [0.2, 0.25) is 5.02 Å². The topological polar surface area (TPSA) is 74.5 Å². The summed E-state index contributed by atoms with van der Waals surface area (Å²) in [5.74, 6) is 0.493. The van der Waals surface area contributed by atoms with Crippen molar-refractivity contribution in [2.24, 2.45) is 0 Å². The highest BCUT2D eigenvalue weighted by atomic mass is 35.5. The lowest BCUT2D eigenvalue weighted by Crippen LogP contribution is -2.27. The Bertz CT molecular complexity index is 817. The van der Waals surface area contributed by atoms with Gasteiger partial charge in [-0.15, -0.1) is 11.3 Å². The molecule has 0 aliphatic rings. The molecule has 3 N–H and O–H groups in total. The Morgan fingerprint density at radius 1 is 1.21 bits per heavy atom. The van der Waals surface area contributed by atoms with Crippen LogP contribution in [0.15, 0.2) is 59.2 Å². The third-order valence-corrected chi connectivity index (χ3v) is 4.78. The fourth-order valence-corrected chi connectivity index (χ4v) is 3.25. The Kier molecular flexibility index (Phi) is 5.20. The van der Waals surface area contributed by atoms with Crippen LogP contribution in [-0.2, 0) is 6.54 Å². The minimum absolute atomic E-state index is 0.343. The van der Waals surface area contributed by atoms with Crippen LogP contribution in [0.25, 0.3) is 0 Å². The Morgan fingerprint density at radius 3 is 2.79 bits per heavy atom. The summed E-state index contributed by atoms with van der Waals surface area (Å²) >= 11 is 7.41. The van der Waals surface area contributed by atoms with E-state index < -0.39 is 6.10 Å². The van der Waals surface area contributed by atoms with E-state index in [-0.39, 0.29) is 6.03 Å². The molecule has 3 rings (SSSR count). The summed E-state index contributed by atoms with van der Waals surface area (Å²) in [6.07, 6.45) is 0.726. The van der Waals surface area contributed by atoms with Gasteiger partial charge in [-0.25, -0.2) is 4.79 Å². The molecule has 2 aromatic heterocycles. The predicted octanol–water partition coefficient (Wildman–Crippen LogP) is 4.40. The van der Waals surface area contributed by atoms with E-state index in [1.165, 1.54) is 17.6 Å². The van der Waals surface area contributed by atoms with Crippen molar-refractivity contribution in [3.05, 3.63) is 75.3 Å². The Hall–Kier alpha value is -2.28. The summed E-state index contributed by atoms with van der Waals surface area (Å²) in [7, 11) is 0. The van der Waals surface area contributed by atoms with E-state index in [1.807, 2.05) is 12.1 Å². The molecule has 0 radical (unpaired) electrons. The van der Waals surface area contributed by atoms with E-state index in [4.69, 9.17) is 16.0 Å². The largest absolute Gasteiger partial charge is 0.466 e. The Morgan fingerprint density at radius 2 is 2.04 bits per heavy atom. The molecule has 2 amide bonds. The smallest absolute Gasteiger partial charge is 0.319 e. The van der Waals surface area contributed by atoms with Gasteiger partial charge in [0.25, 0.3) is 0 Å². The number of thiophene rings is 1. The van der Waals surface area contributed by atoms with E-state index in [0.717, 1.165) is 9.75 Å². The highest BCUT2D eigenvalue weighted by Crippen LogP contribution is 2.28. The molecule has 0 fully saturated rings. The first-order chi connectivity index (χ1) is 11.6. The molecule has 24 heavy (non-hydrogen) atoms. The molecule has 0 aliphatic heterocycles. The maximum atomic E-state index is 11.9. The lowest BCUT2D eigenvalue weighted by Gasteiger charge is -2.08. The quantitative estimate of drug-likeness (QED) is 0.629. The van der Waals surface area contributed by atoms with Crippen molar-refractivity contribution in [1.29, 1.82) is 0 Å². The fourth-order valence-electron chi connectivity index (χ4n) is 2.12. The number of hydrogen-bond donors (Lipinski definition) is 3. The number of carbonyl (C=O) groups is 1. The molecular formula is C17H15ClN2O3S. The number of halogens is 1. The van der Waals surface area contributed by atoms with Gasteiger partial charge in [0.1, 0.15) is 11.9 Å². The van der Waals surface area contributed by atoms with E-state index in [2.05, 4.69) is 10.6 Å². The zero-order valence-electron chi connectivity index (χ0n) is 12.5. The molecule has 0 aliphatic carbocycles. The summed E-state index contributed by atoms with van der Waals surface area (Å²) in [4.78, 5) is 13.6. The van der Waals surface area contributed by atoms with Crippen LogP contribution in [0.5, 0.6) is 0 Å². The number of aliphatic hydroxyl groups is 1. The summed E-state index contributed by atoms with van der Waals surface area (Å²) in [6, 6.07) is 13.8. The van der Waals surface area contributed by atoms with Gasteiger partial charge >= 0.3 is 6.03 Å². The number of benzene rings is 1. The van der Waals surface area contributed by atoms with Crippen molar-refractivity contribution in [3.63, 3.8) is 0 Å². The lowest BCUT2D eigenvalue weighted by molar-refractivity contribution is 0.193. The van der Waals surface area contributed by atoms with Crippen LogP contribution < -0.4 is 10.6 Å². The standard InChI is InChI=1S/C17H15ClN2O3S/c18-12-4-1-2-5-13(12)20-17(22)19-10-11-7-8-15(24-11)16(21)14-6-3-9-23-14/h1-9,16,21H,10H2,(H2,19,20,22)/t16-/m1/s1. The normalized spacial score (nSPS) is 11.9. The van der Waals surface area contributed by atoms with Crippen LogP contribution >= 0.6 is 22.9 Å². The number of carbonyl (C=O) groups excluding carboxylic acids is 1. The minimum atomic E-state index is -0.796. The number of rotatable bonds is 5. The summed E-state index contributed by atoms with van der Waals surface area (Å²) < 4.78 is 5.20. The molecule has 5 nitrogen and oxygen atoms in total. The highest BCUT2D eigenvalue weighted by Gasteiger charge is 2.15. The molecular weight excluding hydrogens is 348 g/mol. The van der Waals surface area contributed by atoms with Gasteiger partial charge in [-0.1, -0.05) is 23.7 Å². The van der Waals surface area contributed by atoms with Crippen LogP contribution in [0.4, 0.5) is 10.5 Å². The number of furan rings is 1. The number of nitrogens with one attached hydrogen (secondary N) is 2.